The van der Waals surface area contributed by atoms with Gasteiger partial charge in [0.2, 0.25) is 5.95 Å². The lowest BCUT2D eigenvalue weighted by Gasteiger charge is -2.03. The molecule has 0 unspecified atom stereocenters. The molecule has 0 aliphatic rings. The average Bonchev–Trinajstić information content (AvgIpc) is 2.82. The van der Waals surface area contributed by atoms with Gasteiger partial charge in [0.25, 0.3) is 0 Å². The fourth-order valence-electron chi connectivity index (χ4n) is 1.94. The molecule has 2 aromatic carbocycles. The van der Waals surface area contributed by atoms with Gasteiger partial charge in [-0.2, -0.15) is 9.49 Å². The molecule has 0 atom stereocenters. The number of hydrogen-bond donors (Lipinski definition) is 0. The highest BCUT2D eigenvalue weighted by Gasteiger charge is 2.15. The predicted molar refractivity (Wildman–Crippen MR) is 74.0 cm³/mol. The number of para-hydroxylation sites is 1. The van der Waals surface area contributed by atoms with Crippen molar-refractivity contribution in [1.82, 2.24) is 9.78 Å². The van der Waals surface area contributed by atoms with Crippen LogP contribution in [0.25, 0.3) is 16.8 Å². The topological polar surface area (TPSA) is 17.8 Å². The molecule has 0 N–H and O–H groups in total. The Morgan fingerprint density at radius 1 is 0.895 bits per heavy atom. The van der Waals surface area contributed by atoms with Crippen LogP contribution in [0.3, 0.4) is 0 Å². The largest absolute Gasteiger partial charge is 0.224 e. The maximum Gasteiger partial charge on any atom is 0.224 e. The maximum absolute atomic E-state index is 14.4. The summed E-state index contributed by atoms with van der Waals surface area (Å²) in [4.78, 5) is 0. The number of aromatic nitrogens is 2. The summed E-state index contributed by atoms with van der Waals surface area (Å²) in [7, 11) is 0. The van der Waals surface area contributed by atoms with Crippen molar-refractivity contribution in [1.29, 1.82) is 0 Å². The number of hydrogen-bond acceptors (Lipinski definition) is 1. The van der Waals surface area contributed by atoms with Crippen LogP contribution in [-0.4, -0.2) is 9.78 Å². The van der Waals surface area contributed by atoms with Gasteiger partial charge < -0.3 is 0 Å². The highest BCUT2D eigenvalue weighted by molar-refractivity contribution is 6.33. The Morgan fingerprint density at radius 2 is 1.58 bits per heavy atom. The molecular weight excluding hydrogens is 263 g/mol. The van der Waals surface area contributed by atoms with E-state index in [0.717, 1.165) is 0 Å². The van der Waals surface area contributed by atoms with Crippen LogP contribution in [0.4, 0.5) is 4.39 Å². The third-order valence-electron chi connectivity index (χ3n) is 2.88. The van der Waals surface area contributed by atoms with Gasteiger partial charge >= 0.3 is 0 Å². The van der Waals surface area contributed by atoms with Crippen LogP contribution in [0.1, 0.15) is 0 Å². The first-order valence-corrected chi connectivity index (χ1v) is 6.19. The zero-order chi connectivity index (χ0) is 13.2. The number of nitrogens with zero attached hydrogens (tertiary/aromatic N) is 2. The first kappa shape index (κ1) is 11.9. The van der Waals surface area contributed by atoms with E-state index in [9.17, 15) is 4.39 Å². The molecule has 0 radical (unpaired) electrons. The summed E-state index contributed by atoms with van der Waals surface area (Å²) < 4.78 is 15.7. The minimum Gasteiger partial charge on any atom is -0.206 e. The van der Waals surface area contributed by atoms with E-state index in [4.69, 9.17) is 11.6 Å². The molecule has 2 nitrogen and oxygen atoms in total. The molecule has 1 heterocycles. The summed E-state index contributed by atoms with van der Waals surface area (Å²) in [5, 5.41) is 4.59. The molecule has 0 spiro atoms. The van der Waals surface area contributed by atoms with Crippen LogP contribution in [0.15, 0.2) is 60.8 Å². The van der Waals surface area contributed by atoms with Gasteiger partial charge in [0.05, 0.1) is 17.4 Å². The minimum atomic E-state index is -0.417. The van der Waals surface area contributed by atoms with Gasteiger partial charge in [0, 0.05) is 10.6 Å². The molecular formula is C15H10ClFN2. The second kappa shape index (κ2) is 4.86. The summed E-state index contributed by atoms with van der Waals surface area (Å²) in [6.45, 7) is 0. The molecule has 19 heavy (non-hydrogen) atoms. The third kappa shape index (κ3) is 2.13. The molecule has 0 fully saturated rings. The van der Waals surface area contributed by atoms with E-state index in [2.05, 4.69) is 5.10 Å². The van der Waals surface area contributed by atoms with Gasteiger partial charge in [-0.25, -0.2) is 4.68 Å². The van der Waals surface area contributed by atoms with Crippen LogP contribution >= 0.6 is 11.6 Å². The van der Waals surface area contributed by atoms with Crippen LogP contribution in [0, 0.1) is 5.95 Å². The summed E-state index contributed by atoms with van der Waals surface area (Å²) >= 11 is 6.08. The Balaban J connectivity index is 2.12. The van der Waals surface area contributed by atoms with Crippen molar-refractivity contribution in [3.05, 3.63) is 71.8 Å². The van der Waals surface area contributed by atoms with E-state index in [1.54, 1.807) is 24.3 Å². The van der Waals surface area contributed by atoms with E-state index in [0.29, 0.717) is 21.8 Å². The maximum atomic E-state index is 14.4. The molecule has 0 aliphatic carbocycles. The fourth-order valence-corrected chi connectivity index (χ4v) is 2.18. The minimum absolute atomic E-state index is 0.398. The average molecular weight is 273 g/mol. The zero-order valence-electron chi connectivity index (χ0n) is 9.92. The van der Waals surface area contributed by atoms with Crippen molar-refractivity contribution in [2.24, 2.45) is 0 Å². The highest BCUT2D eigenvalue weighted by Crippen LogP contribution is 2.30. The first-order chi connectivity index (χ1) is 9.27. The molecule has 0 saturated heterocycles. The summed E-state index contributed by atoms with van der Waals surface area (Å²) in [5.41, 5.74) is 1.72. The third-order valence-corrected chi connectivity index (χ3v) is 3.20. The van der Waals surface area contributed by atoms with Crippen LogP contribution in [0.2, 0.25) is 5.02 Å². The van der Waals surface area contributed by atoms with Crippen molar-refractivity contribution in [2.75, 3.05) is 0 Å². The van der Waals surface area contributed by atoms with Crippen molar-refractivity contribution < 1.29 is 4.39 Å². The molecule has 3 aromatic rings. The number of benzene rings is 2. The molecule has 1 aromatic heterocycles. The van der Waals surface area contributed by atoms with E-state index in [1.807, 2.05) is 30.3 Å². The van der Waals surface area contributed by atoms with Crippen LogP contribution in [0.5, 0.6) is 0 Å². The lowest BCUT2D eigenvalue weighted by Crippen LogP contribution is -1.99. The monoisotopic (exact) mass is 272 g/mol. The Labute approximate surface area is 115 Å². The first-order valence-electron chi connectivity index (χ1n) is 5.81. The van der Waals surface area contributed by atoms with Crippen LogP contribution in [-0.2, 0) is 0 Å². The molecule has 3 rings (SSSR count). The molecule has 0 bridgehead atoms. The SMILES string of the molecule is Fc1c(-c2ccccc2Cl)cnn1-c1ccccc1. The molecule has 4 heteroatoms. The van der Waals surface area contributed by atoms with Crippen molar-refractivity contribution in [3.8, 4) is 16.8 Å². The standard InChI is InChI=1S/C15H10ClFN2/c16-14-9-5-4-8-12(14)13-10-18-19(15(13)17)11-6-2-1-3-7-11/h1-10H. The van der Waals surface area contributed by atoms with Gasteiger partial charge in [0.15, 0.2) is 0 Å². The Kier molecular flexibility index (Phi) is 3.05. The van der Waals surface area contributed by atoms with E-state index in [-0.39, 0.29) is 0 Å². The normalized spacial score (nSPS) is 10.6. The van der Waals surface area contributed by atoms with Gasteiger partial charge in [-0.1, -0.05) is 48.0 Å². The van der Waals surface area contributed by atoms with Gasteiger partial charge in [-0.3, -0.25) is 0 Å². The summed E-state index contributed by atoms with van der Waals surface area (Å²) in [5.74, 6) is -0.417. The highest BCUT2D eigenvalue weighted by atomic mass is 35.5. The molecule has 0 saturated carbocycles. The lowest BCUT2D eigenvalue weighted by molar-refractivity contribution is 0.539. The predicted octanol–water partition coefficient (Wildman–Crippen LogP) is 4.33. The Hall–Kier alpha value is -2.13. The molecule has 0 amide bonds. The van der Waals surface area contributed by atoms with Crippen molar-refractivity contribution >= 4 is 11.6 Å². The van der Waals surface area contributed by atoms with Gasteiger partial charge in [0.1, 0.15) is 0 Å². The number of rotatable bonds is 2. The van der Waals surface area contributed by atoms with Crippen LogP contribution < -0.4 is 0 Å². The second-order valence-electron chi connectivity index (χ2n) is 4.08. The van der Waals surface area contributed by atoms with E-state index >= 15 is 0 Å². The quantitative estimate of drug-likeness (QED) is 0.679. The molecule has 94 valence electrons. The second-order valence-corrected chi connectivity index (χ2v) is 4.48. The van der Waals surface area contributed by atoms with E-state index in [1.165, 1.54) is 10.9 Å². The smallest absolute Gasteiger partial charge is 0.206 e. The van der Waals surface area contributed by atoms with Gasteiger partial charge in [-0.15, -0.1) is 0 Å². The zero-order valence-corrected chi connectivity index (χ0v) is 10.7. The number of halogens is 2. The van der Waals surface area contributed by atoms with Crippen molar-refractivity contribution in [2.45, 2.75) is 0 Å². The summed E-state index contributed by atoms with van der Waals surface area (Å²) in [6, 6.07) is 16.3. The summed E-state index contributed by atoms with van der Waals surface area (Å²) in [6.07, 6.45) is 1.49. The van der Waals surface area contributed by atoms with Crippen molar-refractivity contribution in [3.63, 3.8) is 0 Å². The van der Waals surface area contributed by atoms with Gasteiger partial charge in [-0.05, 0) is 18.2 Å². The fraction of sp³-hybridized carbons (Fsp3) is 0. The molecule has 0 aliphatic heterocycles. The lowest BCUT2D eigenvalue weighted by atomic mass is 10.1. The Bertz CT molecular complexity index is 707. The van der Waals surface area contributed by atoms with E-state index < -0.39 is 5.95 Å². The Morgan fingerprint density at radius 3 is 2.32 bits per heavy atom.